The molecule has 0 bridgehead atoms. The highest BCUT2D eigenvalue weighted by Gasteiger charge is 2.35. The molecule has 0 amide bonds. The molecule has 0 aromatic heterocycles. The standard InChI is InChI=1S/C11H12F2O2/c1-8(14)11(12,13)7-9-5-3-4-6-10(9)15-2/h3-6H,7H2,1-2H3. The maximum absolute atomic E-state index is 13.1. The molecule has 15 heavy (non-hydrogen) atoms. The Hall–Kier alpha value is -1.45. The highest BCUT2D eigenvalue weighted by molar-refractivity contribution is 5.83. The van der Waals surface area contributed by atoms with Gasteiger partial charge in [0.05, 0.1) is 7.11 Å². The van der Waals surface area contributed by atoms with E-state index >= 15 is 0 Å². The minimum Gasteiger partial charge on any atom is -0.496 e. The topological polar surface area (TPSA) is 26.3 Å². The Morgan fingerprint density at radius 2 is 2.00 bits per heavy atom. The maximum atomic E-state index is 13.1. The first-order valence-corrected chi connectivity index (χ1v) is 4.48. The van der Waals surface area contributed by atoms with Crippen molar-refractivity contribution in [3.8, 4) is 5.75 Å². The summed E-state index contributed by atoms with van der Waals surface area (Å²) in [4.78, 5) is 10.7. The first kappa shape index (κ1) is 11.6. The van der Waals surface area contributed by atoms with Gasteiger partial charge in [-0.3, -0.25) is 4.79 Å². The fourth-order valence-electron chi connectivity index (χ4n) is 1.21. The molecule has 0 spiro atoms. The number of ether oxygens (including phenoxy) is 1. The van der Waals surface area contributed by atoms with Gasteiger partial charge >= 0.3 is 5.92 Å². The molecule has 0 saturated heterocycles. The van der Waals surface area contributed by atoms with Gasteiger partial charge in [-0.1, -0.05) is 18.2 Å². The monoisotopic (exact) mass is 214 g/mol. The van der Waals surface area contributed by atoms with Crippen LogP contribution in [0.15, 0.2) is 24.3 Å². The average Bonchev–Trinajstić information content (AvgIpc) is 2.18. The molecule has 0 atom stereocenters. The minimum atomic E-state index is -3.32. The van der Waals surface area contributed by atoms with E-state index in [0.29, 0.717) is 11.3 Å². The van der Waals surface area contributed by atoms with Crippen LogP contribution in [0.25, 0.3) is 0 Å². The van der Waals surface area contributed by atoms with Gasteiger partial charge in [0.15, 0.2) is 5.78 Å². The summed E-state index contributed by atoms with van der Waals surface area (Å²) >= 11 is 0. The number of carbonyl (C=O) groups excluding carboxylic acids is 1. The van der Waals surface area contributed by atoms with Crippen LogP contribution in [0.2, 0.25) is 0 Å². The predicted molar refractivity (Wildman–Crippen MR) is 52.3 cm³/mol. The fourth-order valence-corrected chi connectivity index (χ4v) is 1.21. The minimum absolute atomic E-state index is 0.334. The summed E-state index contributed by atoms with van der Waals surface area (Å²) in [6.45, 7) is 0.884. The number of carbonyl (C=O) groups is 1. The molecule has 2 nitrogen and oxygen atoms in total. The van der Waals surface area contributed by atoms with E-state index in [1.807, 2.05) is 0 Å². The van der Waals surface area contributed by atoms with Crippen LogP contribution < -0.4 is 4.74 Å². The molecule has 1 rings (SSSR count). The van der Waals surface area contributed by atoms with Gasteiger partial charge in [0.25, 0.3) is 0 Å². The van der Waals surface area contributed by atoms with Crippen LogP contribution in [0.4, 0.5) is 8.78 Å². The second-order valence-corrected chi connectivity index (χ2v) is 3.25. The third-order valence-electron chi connectivity index (χ3n) is 2.12. The second kappa shape index (κ2) is 4.38. The van der Waals surface area contributed by atoms with Gasteiger partial charge in [-0.15, -0.1) is 0 Å². The molecule has 82 valence electrons. The summed E-state index contributed by atoms with van der Waals surface area (Å²) in [6, 6.07) is 6.43. The van der Waals surface area contributed by atoms with Gasteiger partial charge in [0.2, 0.25) is 0 Å². The van der Waals surface area contributed by atoms with Gasteiger partial charge in [-0.05, 0) is 6.07 Å². The Kier molecular flexibility index (Phi) is 3.39. The quantitative estimate of drug-likeness (QED) is 0.769. The average molecular weight is 214 g/mol. The number of benzene rings is 1. The molecule has 0 heterocycles. The van der Waals surface area contributed by atoms with Crippen LogP contribution in [-0.2, 0) is 11.2 Å². The molecule has 0 radical (unpaired) electrons. The number of rotatable bonds is 4. The molecule has 0 aliphatic rings. The van der Waals surface area contributed by atoms with Crippen molar-refractivity contribution >= 4 is 5.78 Å². The number of Topliss-reactive ketones (excluding diaryl/α,β-unsaturated/α-hetero) is 1. The van der Waals surface area contributed by atoms with Crippen molar-refractivity contribution in [3.05, 3.63) is 29.8 Å². The Balaban J connectivity index is 2.94. The zero-order valence-electron chi connectivity index (χ0n) is 8.59. The normalized spacial score (nSPS) is 11.2. The molecule has 0 fully saturated rings. The van der Waals surface area contributed by atoms with Crippen molar-refractivity contribution in [2.75, 3.05) is 7.11 Å². The summed E-state index contributed by atoms with van der Waals surface area (Å²) < 4.78 is 31.2. The Morgan fingerprint density at radius 3 is 2.53 bits per heavy atom. The van der Waals surface area contributed by atoms with E-state index in [9.17, 15) is 13.6 Å². The Morgan fingerprint density at radius 1 is 1.40 bits per heavy atom. The number of hydrogen-bond donors (Lipinski definition) is 0. The van der Waals surface area contributed by atoms with Crippen molar-refractivity contribution in [2.24, 2.45) is 0 Å². The number of ketones is 1. The zero-order chi connectivity index (χ0) is 11.5. The number of hydrogen-bond acceptors (Lipinski definition) is 2. The van der Waals surface area contributed by atoms with Crippen LogP contribution in [-0.4, -0.2) is 18.8 Å². The Labute approximate surface area is 86.9 Å². The third kappa shape index (κ3) is 2.75. The van der Waals surface area contributed by atoms with Crippen LogP contribution in [0.5, 0.6) is 5.75 Å². The number of para-hydroxylation sites is 1. The molecule has 0 aliphatic carbocycles. The van der Waals surface area contributed by atoms with E-state index < -0.39 is 18.1 Å². The summed E-state index contributed by atoms with van der Waals surface area (Å²) in [5.41, 5.74) is 0.334. The zero-order valence-corrected chi connectivity index (χ0v) is 8.59. The molecule has 1 aromatic carbocycles. The first-order chi connectivity index (χ1) is 6.97. The summed E-state index contributed by atoms with van der Waals surface area (Å²) in [5, 5.41) is 0. The van der Waals surface area contributed by atoms with Crippen molar-refractivity contribution in [2.45, 2.75) is 19.3 Å². The van der Waals surface area contributed by atoms with Gasteiger partial charge < -0.3 is 4.74 Å². The van der Waals surface area contributed by atoms with Crippen molar-refractivity contribution in [1.82, 2.24) is 0 Å². The van der Waals surface area contributed by atoms with E-state index in [0.717, 1.165) is 6.92 Å². The molecular weight excluding hydrogens is 202 g/mol. The molecular formula is C11H12F2O2. The van der Waals surface area contributed by atoms with Gasteiger partial charge in [-0.2, -0.15) is 8.78 Å². The first-order valence-electron chi connectivity index (χ1n) is 4.48. The highest BCUT2D eigenvalue weighted by Crippen LogP contribution is 2.26. The lowest BCUT2D eigenvalue weighted by Gasteiger charge is -2.14. The van der Waals surface area contributed by atoms with E-state index in [4.69, 9.17) is 4.74 Å². The molecule has 0 N–H and O–H groups in total. The van der Waals surface area contributed by atoms with Crippen molar-refractivity contribution in [3.63, 3.8) is 0 Å². The predicted octanol–water partition coefficient (Wildman–Crippen LogP) is 2.46. The summed E-state index contributed by atoms with van der Waals surface area (Å²) in [7, 11) is 1.41. The van der Waals surface area contributed by atoms with Crippen LogP contribution >= 0.6 is 0 Å². The number of halogens is 2. The lowest BCUT2D eigenvalue weighted by Crippen LogP contribution is -2.28. The molecule has 0 unspecified atom stereocenters. The van der Waals surface area contributed by atoms with Gasteiger partial charge in [0, 0.05) is 18.9 Å². The lowest BCUT2D eigenvalue weighted by molar-refractivity contribution is -0.140. The molecule has 1 aromatic rings. The van der Waals surface area contributed by atoms with Crippen molar-refractivity contribution in [1.29, 1.82) is 0 Å². The summed E-state index contributed by atoms with van der Waals surface area (Å²) in [6.07, 6.45) is -0.619. The lowest BCUT2D eigenvalue weighted by atomic mass is 10.0. The largest absolute Gasteiger partial charge is 0.496 e. The third-order valence-corrected chi connectivity index (χ3v) is 2.12. The fraction of sp³-hybridized carbons (Fsp3) is 0.364. The summed E-state index contributed by atoms with van der Waals surface area (Å²) in [5.74, 6) is -4.08. The van der Waals surface area contributed by atoms with E-state index in [1.54, 1.807) is 18.2 Å². The number of methoxy groups -OCH3 is 1. The van der Waals surface area contributed by atoms with E-state index in [1.165, 1.54) is 13.2 Å². The van der Waals surface area contributed by atoms with E-state index in [-0.39, 0.29) is 0 Å². The maximum Gasteiger partial charge on any atom is 0.309 e. The smallest absolute Gasteiger partial charge is 0.309 e. The molecule has 4 heteroatoms. The van der Waals surface area contributed by atoms with E-state index in [2.05, 4.69) is 0 Å². The van der Waals surface area contributed by atoms with Crippen LogP contribution in [0.3, 0.4) is 0 Å². The van der Waals surface area contributed by atoms with Crippen molar-refractivity contribution < 1.29 is 18.3 Å². The molecule has 0 aliphatic heterocycles. The highest BCUT2D eigenvalue weighted by atomic mass is 19.3. The molecule has 0 saturated carbocycles. The Bertz CT molecular complexity index is 361. The van der Waals surface area contributed by atoms with Gasteiger partial charge in [-0.25, -0.2) is 0 Å². The second-order valence-electron chi connectivity index (χ2n) is 3.25. The van der Waals surface area contributed by atoms with Gasteiger partial charge in [0.1, 0.15) is 5.75 Å². The van der Waals surface area contributed by atoms with Crippen LogP contribution in [0.1, 0.15) is 12.5 Å². The SMILES string of the molecule is COc1ccccc1CC(F)(F)C(C)=O. The number of alkyl halides is 2. The van der Waals surface area contributed by atoms with Crippen LogP contribution in [0, 0.1) is 0 Å².